The summed E-state index contributed by atoms with van der Waals surface area (Å²) in [6.45, 7) is 0. The van der Waals surface area contributed by atoms with Gasteiger partial charge in [0, 0.05) is 23.2 Å². The van der Waals surface area contributed by atoms with Gasteiger partial charge in [0.15, 0.2) is 0 Å². The third kappa shape index (κ3) is 5.61. The van der Waals surface area contributed by atoms with E-state index in [4.69, 9.17) is 16.4 Å². The number of hydrogen-bond donors (Lipinski definition) is 3. The van der Waals surface area contributed by atoms with Crippen LogP contribution in [0, 0.1) is 0 Å². The lowest BCUT2D eigenvalue weighted by atomic mass is 9.77. The molecule has 0 saturated carbocycles. The molecule has 46 heavy (non-hydrogen) atoms. The number of rotatable bonds is 11. The minimum atomic E-state index is -1.25. The summed E-state index contributed by atoms with van der Waals surface area (Å²) in [6.07, 6.45) is 0. The maximum absolute atomic E-state index is 13.5. The number of nitrogens with zero attached hydrogens (tertiary/aromatic N) is 4. The third-order valence-electron chi connectivity index (χ3n) is 7.65. The summed E-state index contributed by atoms with van der Waals surface area (Å²) in [7, 11) is 1.29. The molecule has 0 bridgehead atoms. The van der Waals surface area contributed by atoms with Crippen LogP contribution in [-0.4, -0.2) is 73.0 Å². The number of carbonyl (C=O) groups excluding carboxylic acids is 2. The molecule has 234 valence electrons. The van der Waals surface area contributed by atoms with Crippen LogP contribution in [0.1, 0.15) is 22.5 Å². The Bertz CT molecular complexity index is 1720. The van der Waals surface area contributed by atoms with Gasteiger partial charge in [0.2, 0.25) is 16.7 Å². The number of aliphatic carboxylic acids is 1. The molecule has 11 nitrogen and oxygen atoms in total. The summed E-state index contributed by atoms with van der Waals surface area (Å²) in [6, 6.07) is 28.9. The number of oxime groups is 1. The number of fused-ring (bicyclic) bond motifs is 1. The molecule has 2 aliphatic rings. The average molecular weight is 675 g/mol. The third-order valence-corrected chi connectivity index (χ3v) is 9.94. The van der Waals surface area contributed by atoms with Gasteiger partial charge in [-0.3, -0.25) is 14.5 Å². The number of carboxylic acid groups (broad SMARTS) is 1. The molecule has 3 aromatic carbocycles. The summed E-state index contributed by atoms with van der Waals surface area (Å²) in [4.78, 5) is 49.2. The van der Waals surface area contributed by atoms with E-state index < -0.39 is 34.7 Å². The lowest BCUT2D eigenvalue weighted by Crippen LogP contribution is -2.71. The molecule has 3 heterocycles. The molecular weight excluding hydrogens is 648 g/mol. The largest absolute Gasteiger partial charge is 0.477 e. The van der Waals surface area contributed by atoms with Crippen LogP contribution in [0.15, 0.2) is 107 Å². The van der Waals surface area contributed by atoms with Crippen molar-refractivity contribution in [2.45, 2.75) is 17.0 Å². The Kier molecular flexibility index (Phi) is 9.06. The molecular formula is C32H27ClN6O5S2. The van der Waals surface area contributed by atoms with Crippen molar-refractivity contribution in [3.8, 4) is 0 Å². The maximum atomic E-state index is 13.5. The van der Waals surface area contributed by atoms with Crippen LogP contribution in [0.3, 0.4) is 0 Å². The Morgan fingerprint density at radius 2 is 1.59 bits per heavy atom. The van der Waals surface area contributed by atoms with Crippen molar-refractivity contribution >= 4 is 63.5 Å². The van der Waals surface area contributed by atoms with Crippen molar-refractivity contribution in [2.24, 2.45) is 5.16 Å². The molecule has 6 rings (SSSR count). The number of thioether (sulfide) groups is 1. The van der Waals surface area contributed by atoms with Crippen molar-refractivity contribution in [1.29, 1.82) is 0 Å². The predicted octanol–water partition coefficient (Wildman–Crippen LogP) is 4.27. The fraction of sp³-hybridized carbons (Fsp3) is 0.188. The molecule has 1 aromatic heterocycles. The van der Waals surface area contributed by atoms with E-state index in [0.717, 1.165) is 33.1 Å². The van der Waals surface area contributed by atoms with Crippen LogP contribution in [0.5, 0.6) is 0 Å². The van der Waals surface area contributed by atoms with Gasteiger partial charge < -0.3 is 20.6 Å². The quantitative estimate of drug-likeness (QED) is 0.0698. The van der Waals surface area contributed by atoms with Gasteiger partial charge in [-0.1, -0.05) is 96.2 Å². The molecule has 1 saturated heterocycles. The first kappa shape index (κ1) is 31.3. The summed E-state index contributed by atoms with van der Waals surface area (Å²) in [5.41, 5.74) is 2.06. The molecule has 0 aliphatic carbocycles. The number of carbonyl (C=O) groups is 3. The number of anilines is 1. The summed E-state index contributed by atoms with van der Waals surface area (Å²) >= 11 is 8.29. The number of hydrogen-bond acceptors (Lipinski definition) is 10. The molecule has 0 spiro atoms. The van der Waals surface area contributed by atoms with Crippen LogP contribution < -0.4 is 10.6 Å². The van der Waals surface area contributed by atoms with E-state index in [2.05, 4.69) is 25.1 Å². The van der Waals surface area contributed by atoms with E-state index in [-0.39, 0.29) is 23.1 Å². The molecule has 14 heteroatoms. The number of nitrogens with one attached hydrogen (secondary N) is 2. The van der Waals surface area contributed by atoms with Crippen LogP contribution in [0.2, 0.25) is 0 Å². The number of β-lactam (4-membered cyclic amide) rings is 1. The van der Waals surface area contributed by atoms with Crippen molar-refractivity contribution in [3.05, 3.63) is 125 Å². The van der Waals surface area contributed by atoms with Gasteiger partial charge in [0.1, 0.15) is 29.8 Å². The van der Waals surface area contributed by atoms with E-state index in [1.165, 1.54) is 18.9 Å². The number of amides is 2. The van der Waals surface area contributed by atoms with Crippen LogP contribution in [0.25, 0.3) is 0 Å². The maximum Gasteiger partial charge on any atom is 0.352 e. The molecule has 2 atom stereocenters. The zero-order valence-electron chi connectivity index (χ0n) is 24.3. The first-order chi connectivity index (χ1) is 22.4. The summed E-state index contributed by atoms with van der Waals surface area (Å²) in [5, 5.41) is 19.7. The minimum absolute atomic E-state index is 0.00888. The van der Waals surface area contributed by atoms with Gasteiger partial charge in [0.25, 0.3) is 11.8 Å². The lowest BCUT2D eigenvalue weighted by Gasteiger charge is -2.49. The first-order valence-corrected chi connectivity index (χ1v) is 16.4. The molecule has 2 aliphatic heterocycles. The zero-order valence-corrected chi connectivity index (χ0v) is 26.7. The fourth-order valence-electron chi connectivity index (χ4n) is 5.58. The minimum Gasteiger partial charge on any atom is -0.477 e. The molecule has 0 radical (unpaired) electrons. The standard InChI is InChI=1S/C32H27ClN6O5S2/c1-44-37-23(27(40)34-24-28(41)39-25(30(42)43)19(17-33)18-45-29(24)39)26-35-31(46-38-26)36-32(20-11-5-2-6-12-20,21-13-7-3-8-14-21)22-15-9-4-10-16-22/h2-16,24,29H,17-18H2,1H3,(H,34,40)(H,42,43)(H,35,36,38)/t24-,29+/m1/s1. The zero-order chi connectivity index (χ0) is 32.3. The number of benzene rings is 3. The van der Waals surface area contributed by atoms with Gasteiger partial charge in [-0.15, -0.1) is 23.4 Å². The summed E-state index contributed by atoms with van der Waals surface area (Å²) in [5.74, 6) is -2.25. The van der Waals surface area contributed by atoms with Crippen molar-refractivity contribution in [3.63, 3.8) is 0 Å². The smallest absolute Gasteiger partial charge is 0.352 e. The Hall–Kier alpha value is -4.72. The molecule has 1 fully saturated rings. The second kappa shape index (κ2) is 13.3. The Labute approximate surface area is 277 Å². The van der Waals surface area contributed by atoms with Gasteiger partial charge in [0.05, 0.1) is 0 Å². The van der Waals surface area contributed by atoms with Crippen LogP contribution in [0.4, 0.5) is 5.13 Å². The number of aromatic nitrogens is 2. The van der Waals surface area contributed by atoms with E-state index in [9.17, 15) is 19.5 Å². The Balaban J connectivity index is 1.30. The van der Waals surface area contributed by atoms with E-state index >= 15 is 0 Å². The van der Waals surface area contributed by atoms with Gasteiger partial charge >= 0.3 is 5.97 Å². The molecule has 2 amide bonds. The van der Waals surface area contributed by atoms with E-state index in [0.29, 0.717) is 16.5 Å². The van der Waals surface area contributed by atoms with Gasteiger partial charge in [-0.25, -0.2) is 4.79 Å². The number of carboxylic acids is 1. The van der Waals surface area contributed by atoms with Gasteiger partial charge in [-0.2, -0.15) is 9.36 Å². The second-order valence-corrected chi connectivity index (χ2v) is 12.4. The fourth-order valence-corrected chi connectivity index (χ4v) is 7.89. The average Bonchev–Trinajstić information content (AvgIpc) is 3.56. The number of alkyl halides is 1. The SMILES string of the molecule is CON=C(C(=O)N[C@@H]1C(=O)N2C(C(=O)O)=C(CCl)CS[C@@H]12)c1nsc(NC(c2ccccc2)(c2ccccc2)c2ccccc2)n1. The molecule has 0 unspecified atom stereocenters. The first-order valence-electron chi connectivity index (χ1n) is 14.1. The van der Waals surface area contributed by atoms with Crippen LogP contribution in [-0.2, 0) is 24.8 Å². The van der Waals surface area contributed by atoms with Crippen molar-refractivity contribution in [2.75, 3.05) is 24.1 Å². The topological polar surface area (TPSA) is 146 Å². The van der Waals surface area contributed by atoms with E-state index in [1.807, 2.05) is 91.0 Å². The number of halogens is 1. The highest BCUT2D eigenvalue weighted by atomic mass is 35.5. The molecule has 4 aromatic rings. The van der Waals surface area contributed by atoms with Crippen LogP contribution >= 0.6 is 34.9 Å². The van der Waals surface area contributed by atoms with Gasteiger partial charge in [-0.05, 0) is 22.3 Å². The van der Waals surface area contributed by atoms with Crippen molar-refractivity contribution in [1.82, 2.24) is 19.6 Å². The highest BCUT2D eigenvalue weighted by molar-refractivity contribution is 8.00. The Morgan fingerprint density at radius 1 is 1.02 bits per heavy atom. The highest BCUT2D eigenvalue weighted by Crippen LogP contribution is 2.42. The highest BCUT2D eigenvalue weighted by Gasteiger charge is 2.54. The predicted molar refractivity (Wildman–Crippen MR) is 177 cm³/mol. The van der Waals surface area contributed by atoms with E-state index in [1.54, 1.807) is 0 Å². The monoisotopic (exact) mass is 674 g/mol. The second-order valence-electron chi connectivity index (χ2n) is 10.3. The summed E-state index contributed by atoms with van der Waals surface area (Å²) < 4.78 is 4.43. The van der Waals surface area contributed by atoms with Crippen molar-refractivity contribution < 1.29 is 24.3 Å². The normalized spacial score (nSPS) is 18.0. The Morgan fingerprint density at radius 3 is 2.09 bits per heavy atom. The lowest BCUT2D eigenvalue weighted by molar-refractivity contribution is -0.150. The molecule has 3 N–H and O–H groups in total.